The number of hydrogen-bond donors (Lipinski definition) is 2. The van der Waals surface area contributed by atoms with E-state index in [-0.39, 0.29) is 54.7 Å². The maximum Gasteiger partial charge on any atom is 0.363 e. The number of hydrogen-bond acceptors (Lipinski definition) is 14. The Kier molecular flexibility index (Phi) is 12.9. The van der Waals surface area contributed by atoms with Gasteiger partial charge in [0.15, 0.2) is 0 Å². The van der Waals surface area contributed by atoms with E-state index in [0.717, 1.165) is 46.6 Å². The first-order valence-electron chi connectivity index (χ1n) is 13.0. The van der Waals surface area contributed by atoms with Crippen LogP contribution in [0.3, 0.4) is 0 Å². The number of amides is 4. The molecule has 1 aliphatic heterocycles. The number of methoxy groups -OCH3 is 4. The summed E-state index contributed by atoms with van der Waals surface area (Å²) in [5.74, 6) is -8.02. The molecule has 0 aromatic heterocycles. The largest absolute Gasteiger partial charge is 0.469 e. The summed E-state index contributed by atoms with van der Waals surface area (Å²) in [7, 11) is 4.37. The summed E-state index contributed by atoms with van der Waals surface area (Å²) in [6, 6.07) is 0.242. The lowest BCUT2D eigenvalue weighted by molar-refractivity contribution is -0.172. The van der Waals surface area contributed by atoms with Crippen molar-refractivity contribution in [2.45, 2.75) is 50.6 Å². The number of nitrogens with one attached hydrogen (secondary N) is 2. The number of rotatable bonds is 14. The molecule has 17 nitrogen and oxygen atoms in total. The Hall–Kier alpha value is -5.35. The summed E-state index contributed by atoms with van der Waals surface area (Å²) in [6.07, 6.45) is -1.36. The molecule has 0 saturated carbocycles. The van der Waals surface area contributed by atoms with Crippen LogP contribution < -0.4 is 10.6 Å². The van der Waals surface area contributed by atoms with E-state index in [0.29, 0.717) is 0 Å². The monoisotopic (exact) mass is 621 g/mol. The van der Waals surface area contributed by atoms with Crippen LogP contribution in [0.2, 0.25) is 0 Å². The number of hydroxylamine groups is 2. The third kappa shape index (κ3) is 9.60. The summed E-state index contributed by atoms with van der Waals surface area (Å²) in [6.45, 7) is 0. The second kappa shape index (κ2) is 16.3. The van der Waals surface area contributed by atoms with Gasteiger partial charge in [-0.25, -0.2) is 14.4 Å². The molecule has 0 bridgehead atoms. The highest BCUT2D eigenvalue weighted by Crippen LogP contribution is 2.18. The molecular formula is C27H31N3O14. The smallest absolute Gasteiger partial charge is 0.363 e. The van der Waals surface area contributed by atoms with Gasteiger partial charge in [0.25, 0.3) is 23.6 Å². The fourth-order valence-corrected chi connectivity index (χ4v) is 3.80. The molecule has 17 heteroatoms. The summed E-state index contributed by atoms with van der Waals surface area (Å²) >= 11 is 0. The van der Waals surface area contributed by atoms with Crippen LogP contribution in [0.1, 0.15) is 69.6 Å². The summed E-state index contributed by atoms with van der Waals surface area (Å²) in [5.41, 5.74) is -1.22. The van der Waals surface area contributed by atoms with E-state index in [1.165, 1.54) is 0 Å². The number of esters is 4. The van der Waals surface area contributed by atoms with Gasteiger partial charge >= 0.3 is 29.8 Å². The van der Waals surface area contributed by atoms with Gasteiger partial charge in [0.1, 0.15) is 12.1 Å². The van der Waals surface area contributed by atoms with Crippen molar-refractivity contribution in [3.05, 3.63) is 34.9 Å². The van der Waals surface area contributed by atoms with Crippen molar-refractivity contribution in [1.29, 1.82) is 0 Å². The molecule has 1 fully saturated rings. The number of ether oxygens (including phenoxy) is 4. The Morgan fingerprint density at radius 3 is 1.41 bits per heavy atom. The van der Waals surface area contributed by atoms with Crippen LogP contribution in [-0.4, -0.2) is 99.1 Å². The highest BCUT2D eigenvalue weighted by Gasteiger charge is 2.34. The lowest BCUT2D eigenvalue weighted by atomic mass is 10.0. The topological polar surface area (TPSA) is 227 Å². The number of imide groups is 1. The Labute approximate surface area is 250 Å². The first-order chi connectivity index (χ1) is 20.8. The van der Waals surface area contributed by atoms with E-state index in [2.05, 4.69) is 29.6 Å². The van der Waals surface area contributed by atoms with E-state index >= 15 is 0 Å². The zero-order valence-electron chi connectivity index (χ0n) is 24.3. The van der Waals surface area contributed by atoms with Crippen LogP contribution in [0, 0.1) is 0 Å². The lowest BCUT2D eigenvalue weighted by Gasteiger charge is -2.18. The third-order valence-electron chi connectivity index (χ3n) is 6.18. The van der Waals surface area contributed by atoms with Gasteiger partial charge < -0.3 is 34.4 Å². The van der Waals surface area contributed by atoms with Gasteiger partial charge in [-0.15, -0.1) is 5.06 Å². The Morgan fingerprint density at radius 2 is 1.05 bits per heavy atom. The predicted molar refractivity (Wildman–Crippen MR) is 142 cm³/mol. The standard InChI is InChI=1S/C27H31N3O14/c1-40-21(33)9-5-17(26(38)42-3)28-23(35)14-11-15(24(36)29-18(27(39)43-4)6-10-22(34)41-2)13-16(12-14)25(37)44-30-19(31)7-8-20(30)32/h11-13,17-18H,5-10H2,1-4H3,(H,28,35)(H,29,36). The predicted octanol–water partition coefficient (Wildman–Crippen LogP) is -0.643. The molecule has 1 saturated heterocycles. The maximum atomic E-state index is 13.2. The van der Waals surface area contributed by atoms with Gasteiger partial charge in [0.2, 0.25) is 0 Å². The van der Waals surface area contributed by atoms with Crippen LogP contribution >= 0.6 is 0 Å². The van der Waals surface area contributed by atoms with Gasteiger partial charge in [0.05, 0.1) is 34.0 Å². The molecule has 44 heavy (non-hydrogen) atoms. The minimum atomic E-state index is -1.35. The van der Waals surface area contributed by atoms with Crippen molar-refractivity contribution in [3.8, 4) is 0 Å². The van der Waals surface area contributed by atoms with Crippen LogP contribution in [-0.2, 0) is 52.6 Å². The van der Waals surface area contributed by atoms with Gasteiger partial charge in [0, 0.05) is 36.8 Å². The number of carbonyl (C=O) groups excluding carboxylic acids is 9. The molecule has 4 amide bonds. The SMILES string of the molecule is COC(=O)CCC(NC(=O)c1cc(C(=O)NC(CCC(=O)OC)C(=O)OC)cc(C(=O)ON2C(=O)CCC2=O)c1)C(=O)OC. The summed E-state index contributed by atoms with van der Waals surface area (Å²) < 4.78 is 18.4. The van der Waals surface area contributed by atoms with Crippen molar-refractivity contribution >= 4 is 53.5 Å². The number of benzene rings is 1. The van der Waals surface area contributed by atoms with Crippen molar-refractivity contribution < 1.29 is 66.9 Å². The van der Waals surface area contributed by atoms with E-state index in [9.17, 15) is 43.2 Å². The van der Waals surface area contributed by atoms with Crippen LogP contribution in [0.5, 0.6) is 0 Å². The van der Waals surface area contributed by atoms with Gasteiger partial charge in [-0.1, -0.05) is 0 Å². The zero-order valence-corrected chi connectivity index (χ0v) is 24.3. The first kappa shape index (κ1) is 34.8. The molecule has 2 atom stereocenters. The molecule has 0 spiro atoms. The van der Waals surface area contributed by atoms with Gasteiger partial charge in [-0.2, -0.15) is 0 Å². The van der Waals surface area contributed by atoms with E-state index in [4.69, 9.17) is 4.84 Å². The Bertz CT molecular complexity index is 1250. The second-order valence-corrected chi connectivity index (χ2v) is 9.09. The molecule has 1 aromatic rings. The van der Waals surface area contributed by atoms with E-state index in [1.54, 1.807) is 0 Å². The molecule has 0 radical (unpaired) electrons. The van der Waals surface area contributed by atoms with E-state index in [1.807, 2.05) is 0 Å². The summed E-state index contributed by atoms with van der Waals surface area (Å²) in [4.78, 5) is 116. The highest BCUT2D eigenvalue weighted by molar-refractivity contribution is 6.06. The molecular weight excluding hydrogens is 590 g/mol. The average molecular weight is 622 g/mol. The summed E-state index contributed by atoms with van der Waals surface area (Å²) in [5, 5.41) is 4.94. The molecule has 1 aromatic carbocycles. The van der Waals surface area contributed by atoms with Gasteiger partial charge in [-0.05, 0) is 31.0 Å². The molecule has 238 valence electrons. The van der Waals surface area contributed by atoms with Gasteiger partial charge in [-0.3, -0.25) is 28.8 Å². The Balaban J connectivity index is 2.45. The number of nitrogens with zero attached hydrogens (tertiary/aromatic N) is 1. The molecule has 2 rings (SSSR count). The van der Waals surface area contributed by atoms with Crippen molar-refractivity contribution in [1.82, 2.24) is 15.7 Å². The molecule has 1 aliphatic rings. The minimum absolute atomic E-state index is 0.191. The lowest BCUT2D eigenvalue weighted by Crippen LogP contribution is -2.43. The van der Waals surface area contributed by atoms with Crippen molar-refractivity contribution in [2.24, 2.45) is 0 Å². The molecule has 2 N–H and O–H groups in total. The second-order valence-electron chi connectivity index (χ2n) is 9.09. The third-order valence-corrected chi connectivity index (χ3v) is 6.18. The highest BCUT2D eigenvalue weighted by atomic mass is 16.7. The fraction of sp³-hybridized carbons (Fsp3) is 0.444. The van der Waals surface area contributed by atoms with Crippen molar-refractivity contribution in [2.75, 3.05) is 28.4 Å². The van der Waals surface area contributed by atoms with E-state index < -0.39 is 71.1 Å². The minimum Gasteiger partial charge on any atom is -0.469 e. The maximum absolute atomic E-state index is 13.2. The fourth-order valence-electron chi connectivity index (χ4n) is 3.80. The molecule has 2 unspecified atom stereocenters. The van der Waals surface area contributed by atoms with Crippen molar-refractivity contribution in [3.63, 3.8) is 0 Å². The average Bonchev–Trinajstić information content (AvgIpc) is 3.35. The zero-order chi connectivity index (χ0) is 33.0. The van der Waals surface area contributed by atoms with Crippen LogP contribution in [0.4, 0.5) is 0 Å². The normalized spacial score (nSPS) is 13.7. The quantitative estimate of drug-likeness (QED) is 0.150. The van der Waals surface area contributed by atoms with Crippen LogP contribution in [0.15, 0.2) is 18.2 Å². The molecule has 1 heterocycles. The van der Waals surface area contributed by atoms with Crippen LogP contribution in [0.25, 0.3) is 0 Å². The first-order valence-corrected chi connectivity index (χ1v) is 13.0. The Morgan fingerprint density at radius 1 is 0.659 bits per heavy atom. The number of carbonyl (C=O) groups is 9. The molecule has 0 aliphatic carbocycles.